The summed E-state index contributed by atoms with van der Waals surface area (Å²) in [6.45, 7) is 9.95. The van der Waals surface area contributed by atoms with Gasteiger partial charge in [0.15, 0.2) is 5.96 Å². The average Bonchev–Trinajstić information content (AvgIpc) is 2.40. The summed E-state index contributed by atoms with van der Waals surface area (Å²) in [5, 5.41) is 6.17. The number of nitrogens with zero attached hydrogens (tertiary/aromatic N) is 2. The Bertz CT molecular complexity index is 344. The number of nitrogens with one attached hydrogen (secondary N) is 2. The minimum atomic E-state index is 0.101. The van der Waals surface area contributed by atoms with Crippen molar-refractivity contribution < 1.29 is 4.79 Å². The van der Waals surface area contributed by atoms with Gasteiger partial charge in [0.1, 0.15) is 0 Å². The molecule has 0 aromatic carbocycles. The maximum Gasteiger partial charge on any atom is 0.221 e. The van der Waals surface area contributed by atoms with Crippen molar-refractivity contribution in [2.45, 2.75) is 38.4 Å². The highest BCUT2D eigenvalue weighted by Gasteiger charge is 2.28. The maximum absolute atomic E-state index is 11.5. The zero-order valence-electron chi connectivity index (χ0n) is 13.2. The number of guanidine groups is 1. The van der Waals surface area contributed by atoms with Gasteiger partial charge in [0.2, 0.25) is 5.91 Å². The fraction of sp³-hybridized carbons (Fsp3) is 0.857. The van der Waals surface area contributed by atoms with Crippen LogP contribution in [0.5, 0.6) is 0 Å². The standard InChI is InChI=1S/C14H28N4OS/c1-5-7-16-12(19)6-8-17-13(15-4)18-9-10-20-14(2,3)11-18/h5-11H2,1-4H3,(H,15,17)(H,16,19). The Morgan fingerprint density at radius 3 is 2.70 bits per heavy atom. The monoisotopic (exact) mass is 300 g/mol. The second-order valence-corrected chi connectivity index (χ2v) is 7.41. The van der Waals surface area contributed by atoms with Gasteiger partial charge < -0.3 is 15.5 Å². The first-order valence-electron chi connectivity index (χ1n) is 7.35. The van der Waals surface area contributed by atoms with E-state index in [1.807, 2.05) is 11.8 Å². The number of thioether (sulfide) groups is 1. The van der Waals surface area contributed by atoms with Crippen molar-refractivity contribution in [2.24, 2.45) is 4.99 Å². The summed E-state index contributed by atoms with van der Waals surface area (Å²) in [5.41, 5.74) is 0. The summed E-state index contributed by atoms with van der Waals surface area (Å²) in [6, 6.07) is 0. The molecule has 1 fully saturated rings. The molecule has 1 amide bonds. The van der Waals surface area contributed by atoms with Crippen LogP contribution < -0.4 is 10.6 Å². The first kappa shape index (κ1) is 17.1. The third-order valence-electron chi connectivity index (χ3n) is 3.14. The Kier molecular flexibility index (Phi) is 7.19. The normalized spacial score (nSPS) is 18.8. The van der Waals surface area contributed by atoms with Crippen LogP contribution in [0.2, 0.25) is 0 Å². The molecule has 1 aliphatic rings. The van der Waals surface area contributed by atoms with E-state index in [4.69, 9.17) is 0 Å². The molecule has 1 saturated heterocycles. The van der Waals surface area contributed by atoms with Gasteiger partial charge in [0.25, 0.3) is 0 Å². The van der Waals surface area contributed by atoms with Gasteiger partial charge in [0.05, 0.1) is 0 Å². The van der Waals surface area contributed by atoms with Crippen LogP contribution in [0.4, 0.5) is 0 Å². The van der Waals surface area contributed by atoms with Gasteiger partial charge in [-0.05, 0) is 20.3 Å². The summed E-state index contributed by atoms with van der Waals surface area (Å²) in [7, 11) is 1.80. The van der Waals surface area contributed by atoms with E-state index in [9.17, 15) is 4.79 Å². The lowest BCUT2D eigenvalue weighted by Gasteiger charge is -2.39. The van der Waals surface area contributed by atoms with Gasteiger partial charge in [-0.2, -0.15) is 11.8 Å². The maximum atomic E-state index is 11.5. The van der Waals surface area contributed by atoms with Gasteiger partial charge in [-0.1, -0.05) is 6.92 Å². The van der Waals surface area contributed by atoms with Crippen molar-refractivity contribution in [1.29, 1.82) is 0 Å². The van der Waals surface area contributed by atoms with Gasteiger partial charge in [-0.3, -0.25) is 9.79 Å². The smallest absolute Gasteiger partial charge is 0.221 e. The Morgan fingerprint density at radius 1 is 1.35 bits per heavy atom. The molecule has 1 rings (SSSR count). The fourth-order valence-corrected chi connectivity index (χ4v) is 3.28. The zero-order valence-corrected chi connectivity index (χ0v) is 14.0. The van der Waals surface area contributed by atoms with Crippen LogP contribution in [0, 0.1) is 0 Å². The second-order valence-electron chi connectivity index (χ2n) is 5.60. The predicted molar refractivity (Wildman–Crippen MR) is 87.4 cm³/mol. The number of hydrogen-bond donors (Lipinski definition) is 2. The molecule has 0 bridgehead atoms. The number of aliphatic imine (C=N–C) groups is 1. The molecule has 0 spiro atoms. The number of carbonyl (C=O) groups is 1. The molecule has 6 heteroatoms. The lowest BCUT2D eigenvalue weighted by atomic mass is 10.2. The molecule has 0 aromatic heterocycles. The SMILES string of the molecule is CCCNC(=O)CCNC(=NC)N1CCSC(C)(C)C1. The van der Waals surface area contributed by atoms with Crippen molar-refractivity contribution in [3.63, 3.8) is 0 Å². The van der Waals surface area contributed by atoms with Crippen LogP contribution in [0.1, 0.15) is 33.6 Å². The molecule has 1 heterocycles. The largest absolute Gasteiger partial charge is 0.356 e. The Balaban J connectivity index is 2.35. The molecule has 0 saturated carbocycles. The minimum absolute atomic E-state index is 0.101. The molecule has 116 valence electrons. The Hall–Kier alpha value is -0.910. The molecule has 0 unspecified atom stereocenters. The highest BCUT2D eigenvalue weighted by atomic mass is 32.2. The highest BCUT2D eigenvalue weighted by Crippen LogP contribution is 2.29. The van der Waals surface area contributed by atoms with Crippen LogP contribution in [-0.2, 0) is 4.79 Å². The molecule has 2 N–H and O–H groups in total. The van der Waals surface area contributed by atoms with Crippen molar-refractivity contribution in [3.8, 4) is 0 Å². The number of carbonyl (C=O) groups excluding carboxylic acids is 1. The molecule has 5 nitrogen and oxygen atoms in total. The molecule has 0 atom stereocenters. The Morgan fingerprint density at radius 2 is 2.10 bits per heavy atom. The first-order chi connectivity index (χ1) is 9.48. The van der Waals surface area contributed by atoms with Gasteiger partial charge in [-0.25, -0.2) is 0 Å². The van der Waals surface area contributed by atoms with Crippen molar-refractivity contribution >= 4 is 23.6 Å². The number of hydrogen-bond acceptors (Lipinski definition) is 3. The third-order valence-corrected chi connectivity index (χ3v) is 4.44. The van der Waals surface area contributed by atoms with Gasteiger partial charge >= 0.3 is 0 Å². The van der Waals surface area contributed by atoms with E-state index in [1.165, 1.54) is 0 Å². The van der Waals surface area contributed by atoms with E-state index in [0.29, 0.717) is 13.0 Å². The number of rotatable bonds is 5. The summed E-state index contributed by atoms with van der Waals surface area (Å²) in [6.07, 6.45) is 1.46. The second kappa shape index (κ2) is 8.39. The summed E-state index contributed by atoms with van der Waals surface area (Å²) >= 11 is 2.00. The van der Waals surface area contributed by atoms with Crippen LogP contribution in [0.25, 0.3) is 0 Å². The Labute approximate surface area is 127 Å². The highest BCUT2D eigenvalue weighted by molar-refractivity contribution is 8.00. The predicted octanol–water partition coefficient (Wildman–Crippen LogP) is 1.31. The summed E-state index contributed by atoms with van der Waals surface area (Å²) in [5.74, 6) is 2.12. The lowest BCUT2D eigenvalue weighted by molar-refractivity contribution is -0.120. The van der Waals surface area contributed by atoms with Gasteiger partial charge in [0, 0.05) is 50.1 Å². The third kappa shape index (κ3) is 6.03. The fourth-order valence-electron chi connectivity index (χ4n) is 2.17. The lowest BCUT2D eigenvalue weighted by Crippen LogP contribution is -2.51. The zero-order chi connectivity index (χ0) is 15.0. The molecular weight excluding hydrogens is 272 g/mol. The minimum Gasteiger partial charge on any atom is -0.356 e. The molecule has 0 aromatic rings. The van der Waals surface area contributed by atoms with Crippen molar-refractivity contribution in [1.82, 2.24) is 15.5 Å². The van der Waals surface area contributed by atoms with Crippen LogP contribution in [0.3, 0.4) is 0 Å². The van der Waals surface area contributed by atoms with Crippen molar-refractivity contribution in [3.05, 3.63) is 0 Å². The molecular formula is C14H28N4OS. The average molecular weight is 300 g/mol. The van der Waals surface area contributed by atoms with E-state index in [1.54, 1.807) is 7.05 Å². The topological polar surface area (TPSA) is 56.7 Å². The summed E-state index contributed by atoms with van der Waals surface area (Å²) < 4.78 is 0.258. The van der Waals surface area contributed by atoms with Crippen molar-refractivity contribution in [2.75, 3.05) is 39.0 Å². The van der Waals surface area contributed by atoms with E-state index in [2.05, 4.69) is 41.3 Å². The molecule has 20 heavy (non-hydrogen) atoms. The first-order valence-corrected chi connectivity index (χ1v) is 8.33. The van der Waals surface area contributed by atoms with Gasteiger partial charge in [-0.15, -0.1) is 0 Å². The van der Waals surface area contributed by atoms with E-state index in [0.717, 1.165) is 37.8 Å². The van der Waals surface area contributed by atoms with E-state index < -0.39 is 0 Å². The van der Waals surface area contributed by atoms with E-state index in [-0.39, 0.29) is 10.7 Å². The summed E-state index contributed by atoms with van der Waals surface area (Å²) in [4.78, 5) is 18.1. The quantitative estimate of drug-likeness (QED) is 0.594. The molecule has 0 radical (unpaired) electrons. The van der Waals surface area contributed by atoms with Crippen LogP contribution in [0.15, 0.2) is 4.99 Å². The molecule has 0 aliphatic carbocycles. The van der Waals surface area contributed by atoms with Crippen LogP contribution >= 0.6 is 11.8 Å². The van der Waals surface area contributed by atoms with Crippen LogP contribution in [-0.4, -0.2) is 60.5 Å². The molecule has 1 aliphatic heterocycles. The van der Waals surface area contributed by atoms with E-state index >= 15 is 0 Å². The number of amides is 1.